The predicted octanol–water partition coefficient (Wildman–Crippen LogP) is 4.75. The van der Waals surface area contributed by atoms with Crippen molar-refractivity contribution < 1.29 is 17.6 Å². The Morgan fingerprint density at radius 3 is 2.50 bits per heavy atom. The molecule has 0 bridgehead atoms. The molecule has 1 aromatic heterocycles. The van der Waals surface area contributed by atoms with Gasteiger partial charge in [0.1, 0.15) is 0 Å². The second kappa shape index (κ2) is 9.97. The van der Waals surface area contributed by atoms with Crippen molar-refractivity contribution in [3.8, 4) is 11.5 Å². The molecule has 170 valence electrons. The van der Waals surface area contributed by atoms with Crippen LogP contribution in [0.3, 0.4) is 0 Å². The molecule has 0 aliphatic carbocycles. The Balaban J connectivity index is 1.80. The minimum Gasteiger partial charge on any atom is -0.411 e. The highest BCUT2D eigenvalue weighted by Gasteiger charge is 2.24. The first-order chi connectivity index (χ1) is 15.2. The van der Waals surface area contributed by atoms with Gasteiger partial charge < -0.3 is 4.42 Å². The molecule has 1 heterocycles. The summed E-state index contributed by atoms with van der Waals surface area (Å²) in [5.74, 6) is 0.193. The third-order valence-electron chi connectivity index (χ3n) is 5.14. The molecule has 0 amide bonds. The number of Topliss-reactive ketones (excluding diaryl/α,β-unsaturated/α-hetero) is 1. The minimum absolute atomic E-state index is 0.0109. The standard InChI is InChI=1S/C23H27N3O4S2/c1-6-26(7-2)32(28,29)19-10-8-9-18(14-19)22-24-25-23(30-22)31-17(5)21(27)20-13-15(3)11-12-16(20)4/h8-14,17H,6-7H2,1-5H3/t17-/m0/s1. The number of aromatic nitrogens is 2. The SMILES string of the molecule is CCN(CC)S(=O)(=O)c1cccc(-c2nnc(S[C@@H](C)C(=O)c3cc(C)ccc3C)o2)c1. The van der Waals surface area contributed by atoms with Crippen LogP contribution < -0.4 is 0 Å². The number of ketones is 1. The number of carbonyl (C=O) groups is 1. The van der Waals surface area contributed by atoms with Crippen LogP contribution in [0.4, 0.5) is 0 Å². The van der Waals surface area contributed by atoms with E-state index < -0.39 is 15.3 Å². The number of hydrogen-bond donors (Lipinski definition) is 0. The van der Waals surface area contributed by atoms with E-state index in [2.05, 4.69) is 10.2 Å². The highest BCUT2D eigenvalue weighted by atomic mass is 32.2. The summed E-state index contributed by atoms with van der Waals surface area (Å²) >= 11 is 1.18. The number of thioether (sulfide) groups is 1. The molecule has 0 saturated carbocycles. The van der Waals surface area contributed by atoms with Crippen molar-refractivity contribution in [2.45, 2.75) is 50.0 Å². The minimum atomic E-state index is -3.60. The van der Waals surface area contributed by atoms with Crippen molar-refractivity contribution in [1.29, 1.82) is 0 Å². The van der Waals surface area contributed by atoms with Gasteiger partial charge in [-0.3, -0.25) is 4.79 Å². The van der Waals surface area contributed by atoms with Crippen LogP contribution in [0.1, 0.15) is 42.3 Å². The summed E-state index contributed by atoms with van der Waals surface area (Å²) in [5.41, 5.74) is 3.13. The quantitative estimate of drug-likeness (QED) is 0.327. The maximum Gasteiger partial charge on any atom is 0.277 e. The van der Waals surface area contributed by atoms with Gasteiger partial charge in [0.05, 0.1) is 10.1 Å². The highest BCUT2D eigenvalue weighted by Crippen LogP contribution is 2.29. The number of nitrogens with zero attached hydrogens (tertiary/aromatic N) is 3. The number of carbonyl (C=O) groups excluding carboxylic acids is 1. The fourth-order valence-corrected chi connectivity index (χ4v) is 5.56. The van der Waals surface area contributed by atoms with Gasteiger partial charge in [0.2, 0.25) is 15.9 Å². The van der Waals surface area contributed by atoms with E-state index in [0.717, 1.165) is 11.1 Å². The normalized spacial score (nSPS) is 12.8. The average molecular weight is 474 g/mol. The van der Waals surface area contributed by atoms with E-state index in [-0.39, 0.29) is 21.8 Å². The molecule has 0 aliphatic rings. The molecule has 0 spiro atoms. The molecule has 0 N–H and O–H groups in total. The zero-order valence-electron chi connectivity index (χ0n) is 18.8. The van der Waals surface area contributed by atoms with Gasteiger partial charge in [-0.1, -0.05) is 49.4 Å². The van der Waals surface area contributed by atoms with E-state index in [4.69, 9.17) is 4.42 Å². The molecule has 0 aliphatic heterocycles. The van der Waals surface area contributed by atoms with Gasteiger partial charge in [0.25, 0.3) is 5.22 Å². The summed E-state index contributed by atoms with van der Waals surface area (Å²) in [5, 5.41) is 7.93. The van der Waals surface area contributed by atoms with E-state index in [9.17, 15) is 13.2 Å². The van der Waals surface area contributed by atoms with Crippen LogP contribution in [-0.4, -0.2) is 47.0 Å². The molecular formula is C23H27N3O4S2. The lowest BCUT2D eigenvalue weighted by molar-refractivity contribution is 0.0993. The van der Waals surface area contributed by atoms with E-state index in [1.54, 1.807) is 39.0 Å². The largest absolute Gasteiger partial charge is 0.411 e. The Kier molecular flexibility index (Phi) is 7.53. The lowest BCUT2D eigenvalue weighted by Crippen LogP contribution is -2.30. The first-order valence-corrected chi connectivity index (χ1v) is 12.7. The number of benzene rings is 2. The summed E-state index contributed by atoms with van der Waals surface area (Å²) in [7, 11) is -3.60. The van der Waals surface area contributed by atoms with Crippen LogP contribution in [0.25, 0.3) is 11.5 Å². The van der Waals surface area contributed by atoms with Crippen LogP contribution in [0, 0.1) is 13.8 Å². The zero-order valence-corrected chi connectivity index (χ0v) is 20.5. The van der Waals surface area contributed by atoms with Gasteiger partial charge in [0, 0.05) is 24.2 Å². The van der Waals surface area contributed by atoms with E-state index in [1.165, 1.54) is 22.1 Å². The highest BCUT2D eigenvalue weighted by molar-refractivity contribution is 8.00. The third-order valence-corrected chi connectivity index (χ3v) is 8.12. The molecule has 7 nitrogen and oxygen atoms in total. The summed E-state index contributed by atoms with van der Waals surface area (Å²) in [6.07, 6.45) is 0. The summed E-state index contributed by atoms with van der Waals surface area (Å²) in [6.45, 7) is 10.0. The Morgan fingerprint density at radius 2 is 1.81 bits per heavy atom. The van der Waals surface area contributed by atoms with E-state index >= 15 is 0 Å². The van der Waals surface area contributed by atoms with E-state index in [1.807, 2.05) is 32.0 Å². The molecular weight excluding hydrogens is 446 g/mol. The molecule has 0 saturated heterocycles. The predicted molar refractivity (Wildman–Crippen MR) is 125 cm³/mol. The molecule has 0 radical (unpaired) electrons. The van der Waals surface area contributed by atoms with Gasteiger partial charge in [-0.15, -0.1) is 10.2 Å². The zero-order chi connectivity index (χ0) is 23.5. The first-order valence-electron chi connectivity index (χ1n) is 10.4. The fraction of sp³-hybridized carbons (Fsp3) is 0.348. The topological polar surface area (TPSA) is 93.4 Å². The summed E-state index contributed by atoms with van der Waals surface area (Å²) < 4.78 is 32.7. The number of rotatable bonds is 9. The van der Waals surface area contributed by atoms with Crippen LogP contribution >= 0.6 is 11.8 Å². The number of hydrogen-bond acceptors (Lipinski definition) is 7. The van der Waals surface area contributed by atoms with Crippen molar-refractivity contribution >= 4 is 27.6 Å². The van der Waals surface area contributed by atoms with Crippen LogP contribution in [0.5, 0.6) is 0 Å². The van der Waals surface area contributed by atoms with Crippen LogP contribution in [0.2, 0.25) is 0 Å². The summed E-state index contributed by atoms with van der Waals surface area (Å²) in [4.78, 5) is 13.1. The fourth-order valence-electron chi connectivity index (χ4n) is 3.30. The van der Waals surface area contributed by atoms with Crippen LogP contribution in [-0.2, 0) is 10.0 Å². The first kappa shape index (κ1) is 24.2. The summed E-state index contributed by atoms with van der Waals surface area (Å²) in [6, 6.07) is 12.2. The monoisotopic (exact) mass is 473 g/mol. The van der Waals surface area contributed by atoms with Crippen LogP contribution in [0.15, 0.2) is 57.0 Å². The second-order valence-corrected chi connectivity index (χ2v) is 10.7. The molecule has 32 heavy (non-hydrogen) atoms. The molecule has 0 unspecified atom stereocenters. The number of aryl methyl sites for hydroxylation is 2. The van der Waals surface area contributed by atoms with Crippen molar-refractivity contribution in [2.24, 2.45) is 0 Å². The molecule has 3 aromatic rings. The van der Waals surface area contributed by atoms with Crippen molar-refractivity contribution in [3.63, 3.8) is 0 Å². The molecule has 2 aromatic carbocycles. The Morgan fingerprint density at radius 1 is 1.09 bits per heavy atom. The molecule has 0 fully saturated rings. The van der Waals surface area contributed by atoms with Gasteiger partial charge in [-0.25, -0.2) is 8.42 Å². The maximum absolute atomic E-state index is 12.9. The number of sulfonamides is 1. The average Bonchev–Trinajstić information content (AvgIpc) is 3.24. The van der Waals surface area contributed by atoms with Gasteiger partial charge in [0.15, 0.2) is 5.78 Å². The lowest BCUT2D eigenvalue weighted by atomic mass is 10.0. The lowest BCUT2D eigenvalue weighted by Gasteiger charge is -2.18. The van der Waals surface area contributed by atoms with Gasteiger partial charge in [-0.05, 0) is 50.6 Å². The Labute approximate surface area is 193 Å². The Bertz CT molecular complexity index is 1220. The van der Waals surface area contributed by atoms with Crippen molar-refractivity contribution in [3.05, 3.63) is 59.2 Å². The molecule has 9 heteroatoms. The van der Waals surface area contributed by atoms with Gasteiger partial charge in [-0.2, -0.15) is 4.31 Å². The van der Waals surface area contributed by atoms with E-state index in [0.29, 0.717) is 24.2 Å². The molecule has 1 atom stereocenters. The second-order valence-electron chi connectivity index (χ2n) is 7.43. The third kappa shape index (κ3) is 5.11. The van der Waals surface area contributed by atoms with Crippen molar-refractivity contribution in [2.75, 3.05) is 13.1 Å². The maximum atomic E-state index is 12.9. The smallest absolute Gasteiger partial charge is 0.277 e. The van der Waals surface area contributed by atoms with Gasteiger partial charge >= 0.3 is 0 Å². The molecule has 3 rings (SSSR count). The Hall–Kier alpha value is -2.49. The van der Waals surface area contributed by atoms with Crippen molar-refractivity contribution in [1.82, 2.24) is 14.5 Å².